The lowest BCUT2D eigenvalue weighted by atomic mass is 9.90. The molecule has 1 amide bonds. The third-order valence-electron chi connectivity index (χ3n) is 5.47. The van der Waals surface area contributed by atoms with E-state index in [2.05, 4.69) is 10.2 Å². The molecule has 2 aliphatic rings. The standard InChI is InChI=1S/C22H26N2O/c25-22(23-19-13-15-24(16-14-19)20-11-12-20)21(17-7-3-1-4-8-17)18-9-5-2-6-10-18/h1-10,19-21H,11-16H2,(H,23,25). The SMILES string of the molecule is O=C(NC1CCN(C2CC2)CC1)C(c1ccccc1)c1ccccc1. The van der Waals surface area contributed by atoms with Crippen molar-refractivity contribution in [3.63, 3.8) is 0 Å². The first-order valence-electron chi connectivity index (χ1n) is 9.45. The highest BCUT2D eigenvalue weighted by atomic mass is 16.1. The van der Waals surface area contributed by atoms with E-state index >= 15 is 0 Å². The summed E-state index contributed by atoms with van der Waals surface area (Å²) in [6, 6.07) is 21.3. The summed E-state index contributed by atoms with van der Waals surface area (Å²) in [5.74, 6) is -0.105. The summed E-state index contributed by atoms with van der Waals surface area (Å²) in [5.41, 5.74) is 2.11. The summed E-state index contributed by atoms with van der Waals surface area (Å²) in [6.45, 7) is 2.24. The van der Waals surface area contributed by atoms with Crippen molar-refractivity contribution in [2.45, 2.75) is 43.7 Å². The van der Waals surface area contributed by atoms with Crippen LogP contribution in [0.15, 0.2) is 60.7 Å². The van der Waals surface area contributed by atoms with Crippen LogP contribution in [0.2, 0.25) is 0 Å². The first kappa shape index (κ1) is 16.3. The van der Waals surface area contributed by atoms with Crippen LogP contribution in [0.1, 0.15) is 42.7 Å². The molecule has 2 aromatic carbocycles. The molecule has 130 valence electrons. The number of piperidine rings is 1. The van der Waals surface area contributed by atoms with Gasteiger partial charge in [0.25, 0.3) is 0 Å². The van der Waals surface area contributed by atoms with Crippen LogP contribution in [0.4, 0.5) is 0 Å². The maximum atomic E-state index is 13.1. The number of nitrogens with zero attached hydrogens (tertiary/aromatic N) is 1. The zero-order valence-electron chi connectivity index (χ0n) is 14.6. The van der Waals surface area contributed by atoms with E-state index in [1.54, 1.807) is 0 Å². The van der Waals surface area contributed by atoms with Crippen molar-refractivity contribution < 1.29 is 4.79 Å². The number of hydrogen-bond acceptors (Lipinski definition) is 2. The average Bonchev–Trinajstić information content (AvgIpc) is 3.50. The molecule has 1 aliphatic heterocycles. The lowest BCUT2D eigenvalue weighted by Crippen LogP contribution is -2.46. The van der Waals surface area contributed by atoms with E-state index < -0.39 is 0 Å². The molecule has 0 aromatic heterocycles. The zero-order chi connectivity index (χ0) is 17.1. The van der Waals surface area contributed by atoms with Crippen LogP contribution in [-0.2, 0) is 4.79 Å². The third kappa shape index (κ3) is 3.93. The highest BCUT2D eigenvalue weighted by molar-refractivity contribution is 5.87. The third-order valence-corrected chi connectivity index (χ3v) is 5.47. The maximum absolute atomic E-state index is 13.1. The number of carbonyl (C=O) groups excluding carboxylic acids is 1. The lowest BCUT2D eigenvalue weighted by molar-refractivity contribution is -0.122. The van der Waals surface area contributed by atoms with Crippen molar-refractivity contribution in [2.75, 3.05) is 13.1 Å². The van der Waals surface area contributed by atoms with E-state index in [1.165, 1.54) is 12.8 Å². The molecular weight excluding hydrogens is 308 g/mol. The van der Waals surface area contributed by atoms with Gasteiger partial charge in [-0.05, 0) is 36.8 Å². The van der Waals surface area contributed by atoms with Crippen LogP contribution in [0, 0.1) is 0 Å². The minimum absolute atomic E-state index is 0.127. The number of rotatable bonds is 5. The molecular formula is C22H26N2O. The second-order valence-corrected chi connectivity index (χ2v) is 7.30. The smallest absolute Gasteiger partial charge is 0.232 e. The van der Waals surface area contributed by atoms with Crippen molar-refractivity contribution in [3.05, 3.63) is 71.8 Å². The van der Waals surface area contributed by atoms with Crippen molar-refractivity contribution in [2.24, 2.45) is 0 Å². The molecule has 3 nitrogen and oxygen atoms in total. The van der Waals surface area contributed by atoms with Gasteiger partial charge < -0.3 is 10.2 Å². The summed E-state index contributed by atoms with van der Waals surface area (Å²) >= 11 is 0. The number of carbonyl (C=O) groups is 1. The molecule has 1 heterocycles. The Morgan fingerprint density at radius 1 is 0.840 bits per heavy atom. The van der Waals surface area contributed by atoms with Crippen LogP contribution in [0.3, 0.4) is 0 Å². The largest absolute Gasteiger partial charge is 0.352 e. The van der Waals surface area contributed by atoms with E-state index in [0.29, 0.717) is 6.04 Å². The van der Waals surface area contributed by atoms with Crippen LogP contribution >= 0.6 is 0 Å². The lowest BCUT2D eigenvalue weighted by Gasteiger charge is -2.33. The zero-order valence-corrected chi connectivity index (χ0v) is 14.6. The Bertz CT molecular complexity index is 649. The van der Waals surface area contributed by atoms with Crippen LogP contribution in [-0.4, -0.2) is 36.0 Å². The highest BCUT2D eigenvalue weighted by Crippen LogP contribution is 2.30. The van der Waals surface area contributed by atoms with Crippen molar-refractivity contribution in [1.29, 1.82) is 0 Å². The second kappa shape index (κ2) is 7.40. The predicted molar refractivity (Wildman–Crippen MR) is 100 cm³/mol. The molecule has 3 heteroatoms. The number of likely N-dealkylation sites (tertiary alicyclic amines) is 1. The fourth-order valence-electron chi connectivity index (χ4n) is 3.92. The molecule has 0 radical (unpaired) electrons. The Morgan fingerprint density at radius 2 is 1.36 bits per heavy atom. The molecule has 1 saturated heterocycles. The van der Waals surface area contributed by atoms with E-state index in [1.807, 2.05) is 60.7 Å². The van der Waals surface area contributed by atoms with E-state index in [-0.39, 0.29) is 11.8 Å². The topological polar surface area (TPSA) is 32.3 Å². The average molecular weight is 334 g/mol. The van der Waals surface area contributed by atoms with Gasteiger partial charge in [0.1, 0.15) is 0 Å². The fraction of sp³-hybridized carbons (Fsp3) is 0.409. The van der Waals surface area contributed by atoms with E-state index in [4.69, 9.17) is 0 Å². The Kier molecular flexibility index (Phi) is 4.84. The number of nitrogens with one attached hydrogen (secondary N) is 1. The van der Waals surface area contributed by atoms with Gasteiger partial charge in [0.15, 0.2) is 0 Å². The summed E-state index contributed by atoms with van der Waals surface area (Å²) in [6.07, 6.45) is 4.86. The number of benzene rings is 2. The summed E-state index contributed by atoms with van der Waals surface area (Å²) in [7, 11) is 0. The van der Waals surface area contributed by atoms with Gasteiger partial charge in [0, 0.05) is 25.2 Å². The van der Waals surface area contributed by atoms with Crippen molar-refractivity contribution >= 4 is 5.91 Å². The molecule has 0 atom stereocenters. The molecule has 0 bridgehead atoms. The van der Waals surface area contributed by atoms with E-state index in [0.717, 1.165) is 43.1 Å². The molecule has 0 spiro atoms. The summed E-state index contributed by atoms with van der Waals surface area (Å²) < 4.78 is 0. The van der Waals surface area contributed by atoms with Crippen LogP contribution in [0.25, 0.3) is 0 Å². The molecule has 0 unspecified atom stereocenters. The molecule has 1 N–H and O–H groups in total. The van der Waals surface area contributed by atoms with Gasteiger partial charge in [0.2, 0.25) is 5.91 Å². The van der Waals surface area contributed by atoms with Crippen LogP contribution < -0.4 is 5.32 Å². The molecule has 1 saturated carbocycles. The van der Waals surface area contributed by atoms with Crippen LogP contribution in [0.5, 0.6) is 0 Å². The number of hydrogen-bond donors (Lipinski definition) is 1. The van der Waals surface area contributed by atoms with Gasteiger partial charge in [0.05, 0.1) is 5.92 Å². The molecule has 1 aliphatic carbocycles. The van der Waals surface area contributed by atoms with Gasteiger partial charge >= 0.3 is 0 Å². The van der Waals surface area contributed by atoms with Gasteiger partial charge in [-0.25, -0.2) is 0 Å². The molecule has 2 aromatic rings. The number of amides is 1. The first-order valence-corrected chi connectivity index (χ1v) is 9.45. The minimum atomic E-state index is -0.233. The predicted octanol–water partition coefficient (Wildman–Crippen LogP) is 3.56. The van der Waals surface area contributed by atoms with Gasteiger partial charge in [-0.3, -0.25) is 4.79 Å². The highest BCUT2D eigenvalue weighted by Gasteiger charge is 2.33. The maximum Gasteiger partial charge on any atom is 0.232 e. The van der Waals surface area contributed by atoms with Crippen molar-refractivity contribution in [1.82, 2.24) is 10.2 Å². The molecule has 2 fully saturated rings. The summed E-state index contributed by atoms with van der Waals surface area (Å²) in [5, 5.41) is 3.33. The second-order valence-electron chi connectivity index (χ2n) is 7.30. The fourth-order valence-corrected chi connectivity index (χ4v) is 3.92. The molecule has 25 heavy (non-hydrogen) atoms. The molecule has 4 rings (SSSR count). The van der Waals surface area contributed by atoms with Gasteiger partial charge in [-0.2, -0.15) is 0 Å². The van der Waals surface area contributed by atoms with E-state index in [9.17, 15) is 4.79 Å². The quantitative estimate of drug-likeness (QED) is 0.907. The monoisotopic (exact) mass is 334 g/mol. The Labute approximate surface area is 150 Å². The summed E-state index contributed by atoms with van der Waals surface area (Å²) in [4.78, 5) is 15.7. The Hall–Kier alpha value is -2.13. The first-order chi connectivity index (χ1) is 12.3. The van der Waals surface area contributed by atoms with Crippen molar-refractivity contribution in [3.8, 4) is 0 Å². The Morgan fingerprint density at radius 3 is 1.84 bits per heavy atom. The van der Waals surface area contributed by atoms with Gasteiger partial charge in [-0.1, -0.05) is 60.7 Å². The van der Waals surface area contributed by atoms with Gasteiger partial charge in [-0.15, -0.1) is 0 Å². The Balaban J connectivity index is 1.46. The normalized spacial score (nSPS) is 19.1. The minimum Gasteiger partial charge on any atom is -0.352 e.